The van der Waals surface area contributed by atoms with Crippen molar-refractivity contribution in [3.63, 3.8) is 0 Å². The number of aromatic hydroxyl groups is 1. The van der Waals surface area contributed by atoms with E-state index >= 15 is 8.78 Å². The molecule has 15 heteroatoms. The molecule has 7 heterocycles. The first-order chi connectivity index (χ1) is 31.6. The third-order valence-corrected chi connectivity index (χ3v) is 15.2. The van der Waals surface area contributed by atoms with E-state index in [1.54, 1.807) is 18.3 Å². The van der Waals surface area contributed by atoms with Crippen molar-refractivity contribution in [3.8, 4) is 23.0 Å². The second kappa shape index (κ2) is 19.1. The number of alkyl halides is 1. The molecule has 4 aromatic rings. The average molecular weight is 910 g/mol. The van der Waals surface area contributed by atoms with Gasteiger partial charge in [0.15, 0.2) is 5.82 Å². The predicted octanol–water partition coefficient (Wildman–Crippen LogP) is 7.02. The highest BCUT2D eigenvalue weighted by molar-refractivity contribution is 6.01. The molecule has 0 spiro atoms. The van der Waals surface area contributed by atoms with Crippen molar-refractivity contribution in [1.82, 2.24) is 40.3 Å². The molecular weight excluding hydrogens is 841 g/mol. The van der Waals surface area contributed by atoms with Crippen LogP contribution in [0, 0.1) is 17.2 Å². The number of anilines is 1. The van der Waals surface area contributed by atoms with Gasteiger partial charge in [0.05, 0.1) is 11.9 Å². The highest BCUT2D eigenvalue weighted by Crippen LogP contribution is 2.40. The van der Waals surface area contributed by atoms with Crippen LogP contribution >= 0.6 is 0 Å². The molecule has 4 atom stereocenters. The Balaban J connectivity index is 0.805. The maximum atomic E-state index is 17.0. The van der Waals surface area contributed by atoms with Crippen LogP contribution in [0.3, 0.4) is 0 Å². The van der Waals surface area contributed by atoms with Gasteiger partial charge in [0, 0.05) is 69.2 Å². The summed E-state index contributed by atoms with van der Waals surface area (Å²) in [6.45, 7) is 16.1. The highest BCUT2D eigenvalue weighted by Gasteiger charge is 2.41. The van der Waals surface area contributed by atoms with E-state index in [0.29, 0.717) is 74.4 Å². The molecule has 66 heavy (non-hydrogen) atoms. The zero-order chi connectivity index (χ0) is 46.3. The number of pyridine rings is 1. The van der Waals surface area contributed by atoms with Crippen LogP contribution in [0.2, 0.25) is 0 Å². The van der Waals surface area contributed by atoms with Crippen molar-refractivity contribution < 1.29 is 28.2 Å². The summed E-state index contributed by atoms with van der Waals surface area (Å²) in [5.41, 5.74) is 0.128. The number of amides is 2. The largest absolute Gasteiger partial charge is 0.508 e. The summed E-state index contributed by atoms with van der Waals surface area (Å²) in [5.74, 6) is 0.157. The van der Waals surface area contributed by atoms with Crippen LogP contribution in [0.4, 0.5) is 14.6 Å². The lowest BCUT2D eigenvalue weighted by atomic mass is 9.80. The quantitative estimate of drug-likeness (QED) is 0.128. The molecule has 2 amide bonds. The van der Waals surface area contributed by atoms with Crippen LogP contribution in [0.15, 0.2) is 36.5 Å². The lowest BCUT2D eigenvalue weighted by Gasteiger charge is -2.40. The van der Waals surface area contributed by atoms with Gasteiger partial charge < -0.3 is 30.3 Å². The average Bonchev–Trinajstić information content (AvgIpc) is 3.88. The van der Waals surface area contributed by atoms with E-state index in [-0.39, 0.29) is 53.3 Å². The lowest BCUT2D eigenvalue weighted by molar-refractivity contribution is -0.140. The minimum Gasteiger partial charge on any atom is -0.508 e. The summed E-state index contributed by atoms with van der Waals surface area (Å²) < 4.78 is 39.7. The second-order valence-corrected chi connectivity index (χ2v) is 21.1. The Morgan fingerprint density at radius 1 is 1.00 bits per heavy atom. The maximum absolute atomic E-state index is 17.0. The minimum absolute atomic E-state index is 0.0124. The van der Waals surface area contributed by atoms with Crippen molar-refractivity contribution in [2.45, 2.75) is 129 Å². The Bertz CT molecular complexity index is 2400. The lowest BCUT2D eigenvalue weighted by Crippen LogP contribution is -2.57. The molecule has 4 unspecified atom stereocenters. The number of phenolic OH excluding ortho intramolecular Hbond substituents is 1. The third kappa shape index (κ3) is 9.94. The van der Waals surface area contributed by atoms with Crippen molar-refractivity contribution in [2.24, 2.45) is 11.3 Å². The van der Waals surface area contributed by atoms with Gasteiger partial charge in [-0.2, -0.15) is 9.97 Å². The number of halogens is 2. The molecule has 13 nitrogen and oxygen atoms in total. The standard InChI is InChI=1S/C51H69F2N9O4/c1-6-34-10-7-11-35-25-38(63)26-39(42(34)35)44-43(52)45-40(28-54-44)47(61-29-36-12-13-37(30-61)55-36)58-49(57-45)66-24-23-59-19-14-33(15-20-59)27-51(53)16-21-60(22-17-51)31-41(64)56-46(50(3,4)5)48(65)62-18-8-9-32(62)2/h7,10-11,25-26,28,32-33,36-37,46,55,63H,6,8-9,12-24,27,29-31H2,1-5H3,(H,56,64). The number of benzene rings is 2. The molecule has 2 aromatic heterocycles. The number of nitrogens with one attached hydrogen (secondary N) is 2. The third-order valence-electron chi connectivity index (χ3n) is 15.2. The number of aryl methyl sites for hydroxylation is 1. The van der Waals surface area contributed by atoms with Gasteiger partial charge in [-0.3, -0.25) is 24.4 Å². The number of rotatable bonds is 13. The van der Waals surface area contributed by atoms with Gasteiger partial charge in [0.2, 0.25) is 11.8 Å². The highest BCUT2D eigenvalue weighted by atomic mass is 19.1. The maximum Gasteiger partial charge on any atom is 0.319 e. The molecule has 5 saturated heterocycles. The normalized spacial score (nSPS) is 23.5. The number of hydrogen-bond acceptors (Lipinski definition) is 11. The topological polar surface area (TPSA) is 139 Å². The van der Waals surface area contributed by atoms with Crippen LogP contribution in [0.5, 0.6) is 11.8 Å². The number of piperidine rings is 2. The Morgan fingerprint density at radius 3 is 2.42 bits per heavy atom. The molecule has 9 rings (SSSR count). The van der Waals surface area contributed by atoms with E-state index in [2.05, 4.69) is 34.3 Å². The number of nitrogens with zero attached hydrogens (tertiary/aromatic N) is 7. The van der Waals surface area contributed by atoms with Crippen molar-refractivity contribution >= 4 is 39.3 Å². The smallest absolute Gasteiger partial charge is 0.319 e. The van der Waals surface area contributed by atoms with Crippen molar-refractivity contribution in [3.05, 3.63) is 47.9 Å². The molecular formula is C51H69F2N9O4. The van der Waals surface area contributed by atoms with Gasteiger partial charge in [-0.1, -0.05) is 45.9 Å². The van der Waals surface area contributed by atoms with E-state index in [1.165, 1.54) is 0 Å². The molecule has 3 N–H and O–H groups in total. The summed E-state index contributed by atoms with van der Waals surface area (Å²) >= 11 is 0. The summed E-state index contributed by atoms with van der Waals surface area (Å²) in [6.07, 6.45) is 9.63. The molecule has 356 valence electrons. The van der Waals surface area contributed by atoms with Gasteiger partial charge in [0.1, 0.15) is 41.1 Å². The van der Waals surface area contributed by atoms with Gasteiger partial charge in [-0.15, -0.1) is 0 Å². The number of ether oxygens (including phenoxy) is 1. The monoisotopic (exact) mass is 910 g/mol. The van der Waals surface area contributed by atoms with Gasteiger partial charge >= 0.3 is 6.01 Å². The fraction of sp³-hybridized carbons (Fsp3) is 0.627. The Hall–Kier alpha value is -4.73. The number of phenols is 1. The fourth-order valence-electron chi connectivity index (χ4n) is 11.5. The van der Waals surface area contributed by atoms with Crippen LogP contribution in [0.25, 0.3) is 32.9 Å². The van der Waals surface area contributed by atoms with E-state index in [0.717, 1.165) is 94.0 Å². The molecule has 0 saturated carbocycles. The van der Waals surface area contributed by atoms with Crippen LogP contribution in [-0.2, 0) is 16.0 Å². The molecule has 2 bridgehead atoms. The van der Waals surface area contributed by atoms with Gasteiger partial charge in [0.25, 0.3) is 0 Å². The summed E-state index contributed by atoms with van der Waals surface area (Å²) in [4.78, 5) is 49.5. The first-order valence-electron chi connectivity index (χ1n) is 24.6. The van der Waals surface area contributed by atoms with Gasteiger partial charge in [-0.25, -0.2) is 8.78 Å². The van der Waals surface area contributed by atoms with E-state index in [4.69, 9.17) is 19.7 Å². The zero-order valence-electron chi connectivity index (χ0n) is 39.6. The number of aromatic nitrogens is 3. The van der Waals surface area contributed by atoms with Crippen LogP contribution in [0.1, 0.15) is 98.0 Å². The summed E-state index contributed by atoms with van der Waals surface area (Å²) in [7, 11) is 0. The van der Waals surface area contributed by atoms with Crippen molar-refractivity contribution in [2.75, 3.05) is 70.4 Å². The van der Waals surface area contributed by atoms with Gasteiger partial charge in [-0.05, 0) is 124 Å². The first-order valence-corrected chi connectivity index (χ1v) is 24.6. The number of fused-ring (bicyclic) bond motifs is 4. The number of hydrogen-bond donors (Lipinski definition) is 3. The van der Waals surface area contributed by atoms with Crippen molar-refractivity contribution in [1.29, 1.82) is 0 Å². The van der Waals surface area contributed by atoms with Crippen LogP contribution in [-0.4, -0.2) is 142 Å². The molecule has 5 aliphatic rings. The minimum atomic E-state index is -1.26. The Labute approximate surface area is 388 Å². The predicted molar refractivity (Wildman–Crippen MR) is 254 cm³/mol. The summed E-state index contributed by atoms with van der Waals surface area (Å²) in [6, 6.07) is 9.52. The second-order valence-electron chi connectivity index (χ2n) is 21.1. The molecule has 5 fully saturated rings. The SMILES string of the molecule is CCc1cccc2cc(O)cc(-c3ncc4c(N5CC6CCC(C5)N6)nc(OCCN5CCC(CC6(F)CCN(CC(=O)NC(C(=O)N7CCCC7C)C(C)(C)C)CC6)CC5)nc4c3F)c12. The van der Waals surface area contributed by atoms with E-state index in [1.807, 2.05) is 48.8 Å². The van der Waals surface area contributed by atoms with E-state index in [9.17, 15) is 14.7 Å². The zero-order valence-corrected chi connectivity index (χ0v) is 39.6. The fourth-order valence-corrected chi connectivity index (χ4v) is 11.5. The number of carbonyl (C=O) groups is 2. The van der Waals surface area contributed by atoms with E-state index < -0.39 is 22.9 Å². The molecule has 0 radical (unpaired) electrons. The first kappa shape index (κ1) is 46.4. The van der Waals surface area contributed by atoms with Crippen LogP contribution < -0.4 is 20.3 Å². The Kier molecular flexibility index (Phi) is 13.4. The molecule has 0 aliphatic carbocycles. The molecule has 2 aromatic carbocycles. The molecule has 5 aliphatic heterocycles. The number of likely N-dealkylation sites (tertiary alicyclic amines) is 3. The summed E-state index contributed by atoms with van der Waals surface area (Å²) in [5, 5.41) is 19.6. The number of carbonyl (C=O) groups excluding carboxylic acids is 2. The number of piperazine rings is 1. The Morgan fingerprint density at radius 2 is 1.74 bits per heavy atom.